The predicted molar refractivity (Wildman–Crippen MR) is 55.5 cm³/mol. The molecule has 0 radical (unpaired) electrons. The number of carbonyl (C=O) groups excluding carboxylic acids is 1. The van der Waals surface area contributed by atoms with Crippen LogP contribution < -0.4 is 4.74 Å². The quantitative estimate of drug-likeness (QED) is 0.781. The molecule has 2 nitrogen and oxygen atoms in total. The van der Waals surface area contributed by atoms with E-state index in [4.69, 9.17) is 0 Å². The zero-order valence-corrected chi connectivity index (χ0v) is 9.64. The SMILES string of the molecule is O=C(CBr)Cc1c(F)cccc1OC(F)F. The molecule has 1 rings (SSSR count). The van der Waals surface area contributed by atoms with Crippen molar-refractivity contribution in [1.82, 2.24) is 0 Å². The van der Waals surface area contributed by atoms with Crippen LogP contribution >= 0.6 is 15.9 Å². The van der Waals surface area contributed by atoms with Gasteiger partial charge in [0.05, 0.1) is 5.33 Å². The summed E-state index contributed by atoms with van der Waals surface area (Å²) in [5.74, 6) is -1.35. The molecule has 0 aliphatic heterocycles. The zero-order valence-electron chi connectivity index (χ0n) is 8.05. The van der Waals surface area contributed by atoms with Crippen molar-refractivity contribution in [2.75, 3.05) is 5.33 Å². The van der Waals surface area contributed by atoms with Gasteiger partial charge in [0.25, 0.3) is 0 Å². The Hall–Kier alpha value is -1.04. The van der Waals surface area contributed by atoms with E-state index in [1.165, 1.54) is 12.1 Å². The fourth-order valence-corrected chi connectivity index (χ4v) is 1.36. The maximum atomic E-state index is 13.3. The number of hydrogen-bond acceptors (Lipinski definition) is 2. The van der Waals surface area contributed by atoms with Crippen molar-refractivity contribution in [2.24, 2.45) is 0 Å². The van der Waals surface area contributed by atoms with E-state index in [1.807, 2.05) is 0 Å². The molecule has 0 saturated carbocycles. The molecular weight excluding hydrogens is 289 g/mol. The lowest BCUT2D eigenvalue weighted by atomic mass is 10.1. The van der Waals surface area contributed by atoms with Gasteiger partial charge in [-0.15, -0.1) is 0 Å². The molecule has 16 heavy (non-hydrogen) atoms. The summed E-state index contributed by atoms with van der Waals surface area (Å²) in [4.78, 5) is 11.1. The number of benzene rings is 1. The van der Waals surface area contributed by atoms with E-state index in [0.29, 0.717) is 0 Å². The van der Waals surface area contributed by atoms with Gasteiger partial charge in [0.2, 0.25) is 0 Å². The summed E-state index contributed by atoms with van der Waals surface area (Å²) in [6.07, 6.45) is -0.278. The van der Waals surface area contributed by atoms with Crippen LogP contribution in [0.1, 0.15) is 5.56 Å². The number of Topliss-reactive ketones (excluding diaryl/α,β-unsaturated/α-hetero) is 1. The van der Waals surface area contributed by atoms with Gasteiger partial charge in [0.15, 0.2) is 0 Å². The lowest BCUT2D eigenvalue weighted by molar-refractivity contribution is -0.116. The molecular formula is C10H8BrF3O2. The van der Waals surface area contributed by atoms with Crippen LogP contribution in [0.5, 0.6) is 5.75 Å². The lowest BCUT2D eigenvalue weighted by Crippen LogP contribution is -2.10. The second kappa shape index (κ2) is 5.89. The lowest BCUT2D eigenvalue weighted by Gasteiger charge is -2.10. The van der Waals surface area contributed by atoms with E-state index in [0.717, 1.165) is 6.07 Å². The average Bonchev–Trinajstić information content (AvgIpc) is 2.22. The Morgan fingerprint density at radius 1 is 1.44 bits per heavy atom. The zero-order chi connectivity index (χ0) is 12.1. The van der Waals surface area contributed by atoms with Crippen molar-refractivity contribution in [2.45, 2.75) is 13.0 Å². The molecule has 1 aromatic rings. The molecule has 6 heteroatoms. The molecule has 0 spiro atoms. The van der Waals surface area contributed by atoms with Gasteiger partial charge in [-0.25, -0.2) is 4.39 Å². The van der Waals surface area contributed by atoms with E-state index in [-0.39, 0.29) is 28.8 Å². The van der Waals surface area contributed by atoms with E-state index in [9.17, 15) is 18.0 Å². The molecule has 0 aliphatic rings. The number of carbonyl (C=O) groups is 1. The van der Waals surface area contributed by atoms with Crippen LogP contribution in [0, 0.1) is 5.82 Å². The third-order valence-corrected chi connectivity index (χ3v) is 2.44. The van der Waals surface area contributed by atoms with Crippen LogP contribution in [0.25, 0.3) is 0 Å². The van der Waals surface area contributed by atoms with Gasteiger partial charge in [0, 0.05) is 12.0 Å². The van der Waals surface area contributed by atoms with Crippen LogP contribution in [0.3, 0.4) is 0 Å². The predicted octanol–water partition coefficient (Wildman–Crippen LogP) is 2.93. The van der Waals surface area contributed by atoms with Crippen molar-refractivity contribution >= 4 is 21.7 Å². The minimum absolute atomic E-state index is 0.0372. The Morgan fingerprint density at radius 3 is 2.69 bits per heavy atom. The first-order valence-corrected chi connectivity index (χ1v) is 5.46. The smallest absolute Gasteiger partial charge is 0.387 e. The van der Waals surface area contributed by atoms with Gasteiger partial charge < -0.3 is 4.74 Å². The van der Waals surface area contributed by atoms with E-state index >= 15 is 0 Å². The first-order chi connectivity index (χ1) is 7.54. The summed E-state index contributed by atoms with van der Waals surface area (Å²) in [5, 5.41) is 0.0372. The molecule has 0 amide bonds. The Labute approximate surface area is 98.5 Å². The first kappa shape index (κ1) is 13.0. The molecule has 0 bridgehead atoms. The molecule has 0 heterocycles. The summed E-state index contributed by atoms with van der Waals surface area (Å²) in [6.45, 7) is -3.04. The van der Waals surface area contributed by atoms with Crippen LogP contribution in [0.2, 0.25) is 0 Å². The third-order valence-electron chi connectivity index (χ3n) is 1.81. The van der Waals surface area contributed by atoms with Gasteiger partial charge >= 0.3 is 6.61 Å². The van der Waals surface area contributed by atoms with Gasteiger partial charge in [-0.2, -0.15) is 8.78 Å². The molecule has 88 valence electrons. The molecule has 0 N–H and O–H groups in total. The van der Waals surface area contributed by atoms with Crippen LogP contribution in [-0.2, 0) is 11.2 Å². The van der Waals surface area contributed by atoms with Crippen LogP contribution in [0.15, 0.2) is 18.2 Å². The summed E-state index contributed by atoms with van der Waals surface area (Å²) in [7, 11) is 0. The third kappa shape index (κ3) is 3.52. The molecule has 0 fully saturated rings. The Morgan fingerprint density at radius 2 is 2.12 bits per heavy atom. The Balaban J connectivity index is 2.98. The number of alkyl halides is 3. The van der Waals surface area contributed by atoms with E-state index < -0.39 is 12.4 Å². The van der Waals surface area contributed by atoms with Crippen molar-refractivity contribution in [1.29, 1.82) is 0 Å². The highest BCUT2D eigenvalue weighted by Gasteiger charge is 2.15. The minimum atomic E-state index is -3.04. The van der Waals surface area contributed by atoms with Crippen molar-refractivity contribution in [3.05, 3.63) is 29.6 Å². The maximum Gasteiger partial charge on any atom is 0.387 e. The second-order valence-corrected chi connectivity index (χ2v) is 3.50. The number of ether oxygens (including phenoxy) is 1. The fraction of sp³-hybridized carbons (Fsp3) is 0.300. The highest BCUT2D eigenvalue weighted by atomic mass is 79.9. The minimum Gasteiger partial charge on any atom is -0.434 e. The number of halogens is 4. The molecule has 0 saturated heterocycles. The van der Waals surface area contributed by atoms with E-state index in [2.05, 4.69) is 20.7 Å². The van der Waals surface area contributed by atoms with Crippen LogP contribution in [-0.4, -0.2) is 17.7 Å². The fourth-order valence-electron chi connectivity index (χ4n) is 1.16. The Kier molecular flexibility index (Phi) is 4.79. The van der Waals surface area contributed by atoms with Crippen LogP contribution in [0.4, 0.5) is 13.2 Å². The van der Waals surface area contributed by atoms with Crippen molar-refractivity contribution in [3.8, 4) is 5.75 Å². The normalized spacial score (nSPS) is 10.6. The molecule has 1 aromatic carbocycles. The number of hydrogen-bond donors (Lipinski definition) is 0. The van der Waals surface area contributed by atoms with Gasteiger partial charge in [-0.1, -0.05) is 22.0 Å². The summed E-state index contributed by atoms with van der Waals surface area (Å²) >= 11 is 2.91. The maximum absolute atomic E-state index is 13.3. The van der Waals surface area contributed by atoms with Gasteiger partial charge in [0.1, 0.15) is 17.3 Å². The topological polar surface area (TPSA) is 26.3 Å². The molecule has 0 aliphatic carbocycles. The largest absolute Gasteiger partial charge is 0.434 e. The van der Waals surface area contributed by atoms with Gasteiger partial charge in [-0.3, -0.25) is 4.79 Å². The summed E-state index contributed by atoms with van der Waals surface area (Å²) in [5.41, 5.74) is -0.146. The summed E-state index contributed by atoms with van der Waals surface area (Å²) < 4.78 is 41.5. The first-order valence-electron chi connectivity index (χ1n) is 4.34. The van der Waals surface area contributed by atoms with Crippen molar-refractivity contribution in [3.63, 3.8) is 0 Å². The highest BCUT2D eigenvalue weighted by molar-refractivity contribution is 9.09. The van der Waals surface area contributed by atoms with Gasteiger partial charge in [-0.05, 0) is 12.1 Å². The highest BCUT2D eigenvalue weighted by Crippen LogP contribution is 2.24. The monoisotopic (exact) mass is 296 g/mol. The molecule has 0 atom stereocenters. The van der Waals surface area contributed by atoms with E-state index in [1.54, 1.807) is 0 Å². The molecule has 0 aromatic heterocycles. The number of rotatable bonds is 5. The Bertz CT molecular complexity index is 382. The second-order valence-electron chi connectivity index (χ2n) is 2.94. The van der Waals surface area contributed by atoms with Crippen molar-refractivity contribution < 1.29 is 22.7 Å². The molecule has 0 unspecified atom stereocenters. The standard InChI is InChI=1S/C10H8BrF3O2/c11-5-6(15)4-7-8(12)2-1-3-9(7)16-10(13)14/h1-3,10H,4-5H2. The average molecular weight is 297 g/mol. The number of ketones is 1. The summed E-state index contributed by atoms with van der Waals surface area (Å²) in [6, 6.07) is 3.54.